The zero-order chi connectivity index (χ0) is 26.2. The van der Waals surface area contributed by atoms with E-state index in [1.165, 1.54) is 0 Å². The molecule has 0 unspecified atom stereocenters. The van der Waals surface area contributed by atoms with Crippen molar-refractivity contribution in [1.29, 1.82) is 0 Å². The molecule has 3 aromatic rings. The standard InChI is InChI=1S/C24H27F3N6O4/c1-3-13(2)29-21-17-15(24(25,26)27)12-28-20(17)31-23(32-21)30-16-5-4-14(18-19(16)37-11-10-36-18)22(34)33-6-8-35-9-7-33/h4-5,12-13H,3,6-11H2,1-2H3,(H3,28,29,30,31,32)/t13-/m1/s1. The maximum atomic E-state index is 13.6. The number of rotatable bonds is 6. The Kier molecular flexibility index (Phi) is 6.71. The molecule has 1 atom stereocenters. The second-order valence-corrected chi connectivity index (χ2v) is 8.82. The molecule has 0 saturated carbocycles. The number of nitrogens with zero attached hydrogens (tertiary/aromatic N) is 3. The maximum Gasteiger partial charge on any atom is 0.418 e. The summed E-state index contributed by atoms with van der Waals surface area (Å²) in [6.07, 6.45) is -3.01. The van der Waals surface area contributed by atoms with Crippen LogP contribution in [-0.2, 0) is 10.9 Å². The molecule has 37 heavy (non-hydrogen) atoms. The molecule has 0 radical (unpaired) electrons. The van der Waals surface area contributed by atoms with Crippen molar-refractivity contribution in [2.75, 3.05) is 50.2 Å². The molecule has 0 aliphatic carbocycles. The summed E-state index contributed by atoms with van der Waals surface area (Å²) >= 11 is 0. The molecule has 1 saturated heterocycles. The van der Waals surface area contributed by atoms with E-state index in [0.717, 1.165) is 6.20 Å². The Hall–Kier alpha value is -3.74. The number of anilines is 3. The van der Waals surface area contributed by atoms with Crippen LogP contribution in [0.3, 0.4) is 0 Å². The minimum atomic E-state index is -4.57. The van der Waals surface area contributed by atoms with E-state index in [1.54, 1.807) is 17.0 Å². The third kappa shape index (κ3) is 4.95. The van der Waals surface area contributed by atoms with Gasteiger partial charge in [-0.1, -0.05) is 6.92 Å². The van der Waals surface area contributed by atoms with E-state index in [9.17, 15) is 18.0 Å². The molecule has 2 aromatic heterocycles. The summed E-state index contributed by atoms with van der Waals surface area (Å²) in [6, 6.07) is 3.14. The predicted octanol–water partition coefficient (Wildman–Crippen LogP) is 4.17. The normalized spacial score (nSPS) is 16.5. The van der Waals surface area contributed by atoms with Gasteiger partial charge >= 0.3 is 6.18 Å². The molecule has 198 valence electrons. The smallest absolute Gasteiger partial charge is 0.418 e. The Balaban J connectivity index is 1.52. The summed E-state index contributed by atoms with van der Waals surface area (Å²) in [6.45, 7) is 6.19. The van der Waals surface area contributed by atoms with Gasteiger partial charge < -0.3 is 34.7 Å². The van der Waals surface area contributed by atoms with Crippen LogP contribution in [0.5, 0.6) is 11.5 Å². The number of hydrogen-bond acceptors (Lipinski definition) is 8. The van der Waals surface area contributed by atoms with Crippen molar-refractivity contribution in [3.63, 3.8) is 0 Å². The SMILES string of the molecule is CC[C@@H](C)Nc1nc(Nc2ccc(C(=O)N3CCOCC3)c3c2OCCO3)nc2[nH]cc(C(F)(F)F)c12. The fraction of sp³-hybridized carbons (Fsp3) is 0.458. The Labute approximate surface area is 210 Å². The second-order valence-electron chi connectivity index (χ2n) is 8.82. The van der Waals surface area contributed by atoms with E-state index in [0.29, 0.717) is 55.5 Å². The maximum absolute atomic E-state index is 13.6. The summed E-state index contributed by atoms with van der Waals surface area (Å²) in [5, 5.41) is 5.96. The number of aromatic amines is 1. The molecule has 1 amide bonds. The molecule has 0 spiro atoms. The minimum Gasteiger partial charge on any atom is -0.485 e. The van der Waals surface area contributed by atoms with Crippen molar-refractivity contribution in [1.82, 2.24) is 19.9 Å². The van der Waals surface area contributed by atoms with Crippen molar-refractivity contribution < 1.29 is 32.2 Å². The monoisotopic (exact) mass is 520 g/mol. The molecule has 13 heteroatoms. The van der Waals surface area contributed by atoms with Crippen LogP contribution >= 0.6 is 0 Å². The average Bonchev–Trinajstić information content (AvgIpc) is 3.34. The first kappa shape index (κ1) is 24.9. The van der Waals surface area contributed by atoms with E-state index >= 15 is 0 Å². The number of alkyl halides is 3. The van der Waals surface area contributed by atoms with Crippen LogP contribution in [0.1, 0.15) is 36.2 Å². The van der Waals surface area contributed by atoms with Crippen LogP contribution in [0.25, 0.3) is 11.0 Å². The predicted molar refractivity (Wildman–Crippen MR) is 130 cm³/mol. The van der Waals surface area contributed by atoms with E-state index in [-0.39, 0.29) is 48.0 Å². The van der Waals surface area contributed by atoms with Gasteiger partial charge in [-0.25, -0.2) is 0 Å². The number of fused-ring (bicyclic) bond motifs is 2. The molecule has 2 aliphatic heterocycles. The molecule has 1 aromatic carbocycles. The molecule has 0 bridgehead atoms. The number of carbonyl (C=O) groups excluding carboxylic acids is 1. The van der Waals surface area contributed by atoms with Gasteiger partial charge in [-0.05, 0) is 25.5 Å². The Morgan fingerprint density at radius 2 is 1.86 bits per heavy atom. The number of H-pyrrole nitrogens is 1. The lowest BCUT2D eigenvalue weighted by molar-refractivity contribution is -0.136. The zero-order valence-corrected chi connectivity index (χ0v) is 20.4. The van der Waals surface area contributed by atoms with Crippen molar-refractivity contribution in [2.24, 2.45) is 0 Å². The van der Waals surface area contributed by atoms with Crippen LogP contribution < -0.4 is 20.1 Å². The van der Waals surface area contributed by atoms with Gasteiger partial charge in [-0.15, -0.1) is 0 Å². The fourth-order valence-electron chi connectivity index (χ4n) is 4.21. The number of morpholine rings is 1. The fourth-order valence-corrected chi connectivity index (χ4v) is 4.21. The summed E-state index contributed by atoms with van der Waals surface area (Å²) < 4.78 is 57.9. The lowest BCUT2D eigenvalue weighted by Crippen LogP contribution is -2.41. The lowest BCUT2D eigenvalue weighted by Gasteiger charge is -2.29. The third-order valence-corrected chi connectivity index (χ3v) is 6.30. The van der Waals surface area contributed by atoms with E-state index < -0.39 is 11.7 Å². The van der Waals surface area contributed by atoms with Gasteiger partial charge in [0.05, 0.1) is 35.4 Å². The van der Waals surface area contributed by atoms with Crippen molar-refractivity contribution in [2.45, 2.75) is 32.5 Å². The highest BCUT2D eigenvalue weighted by atomic mass is 19.4. The van der Waals surface area contributed by atoms with Crippen molar-refractivity contribution in [3.05, 3.63) is 29.5 Å². The summed E-state index contributed by atoms with van der Waals surface area (Å²) in [7, 11) is 0. The summed E-state index contributed by atoms with van der Waals surface area (Å²) in [5.41, 5.74) is -0.0396. The van der Waals surface area contributed by atoms with Gasteiger partial charge in [0, 0.05) is 25.3 Å². The second kappa shape index (κ2) is 9.96. The van der Waals surface area contributed by atoms with Gasteiger partial charge in [0.2, 0.25) is 5.95 Å². The molecular formula is C24H27F3N6O4. The van der Waals surface area contributed by atoms with Gasteiger partial charge in [0.1, 0.15) is 24.7 Å². The quantitative estimate of drug-likeness (QED) is 0.444. The topological polar surface area (TPSA) is 114 Å². The average molecular weight is 521 g/mol. The Morgan fingerprint density at radius 1 is 1.14 bits per heavy atom. The highest BCUT2D eigenvalue weighted by Crippen LogP contribution is 2.43. The molecule has 4 heterocycles. The number of carbonyl (C=O) groups is 1. The van der Waals surface area contributed by atoms with Crippen LogP contribution in [-0.4, -0.2) is 71.3 Å². The molecule has 5 rings (SSSR count). The number of aromatic nitrogens is 3. The first-order valence-electron chi connectivity index (χ1n) is 12.1. The molecule has 3 N–H and O–H groups in total. The first-order valence-corrected chi connectivity index (χ1v) is 12.1. The largest absolute Gasteiger partial charge is 0.485 e. The Morgan fingerprint density at radius 3 is 2.57 bits per heavy atom. The van der Waals surface area contributed by atoms with Gasteiger partial charge in [0.25, 0.3) is 5.91 Å². The number of halogens is 3. The van der Waals surface area contributed by atoms with Crippen LogP contribution in [0.15, 0.2) is 18.3 Å². The number of hydrogen-bond donors (Lipinski definition) is 3. The van der Waals surface area contributed by atoms with Crippen molar-refractivity contribution in [3.8, 4) is 11.5 Å². The van der Waals surface area contributed by atoms with Gasteiger partial charge in [-0.3, -0.25) is 4.79 Å². The van der Waals surface area contributed by atoms with Crippen molar-refractivity contribution >= 4 is 34.4 Å². The molecule has 10 nitrogen and oxygen atoms in total. The number of amides is 1. The Bertz CT molecular complexity index is 1310. The zero-order valence-electron chi connectivity index (χ0n) is 20.4. The lowest BCUT2D eigenvalue weighted by atomic mass is 10.1. The van der Waals surface area contributed by atoms with Crippen LogP contribution in [0.2, 0.25) is 0 Å². The third-order valence-electron chi connectivity index (χ3n) is 6.30. The van der Waals surface area contributed by atoms with Gasteiger partial charge in [0.15, 0.2) is 11.5 Å². The van der Waals surface area contributed by atoms with E-state index in [2.05, 4.69) is 25.6 Å². The highest BCUT2D eigenvalue weighted by molar-refractivity contribution is 5.99. The minimum absolute atomic E-state index is 0.0285. The summed E-state index contributed by atoms with van der Waals surface area (Å²) in [5.74, 6) is 0.525. The van der Waals surface area contributed by atoms with E-state index in [4.69, 9.17) is 14.2 Å². The molecule has 2 aliphatic rings. The summed E-state index contributed by atoms with van der Waals surface area (Å²) in [4.78, 5) is 26.1. The first-order chi connectivity index (χ1) is 17.8. The van der Waals surface area contributed by atoms with Crippen LogP contribution in [0.4, 0.5) is 30.6 Å². The number of benzene rings is 1. The van der Waals surface area contributed by atoms with Crippen LogP contribution in [0, 0.1) is 0 Å². The van der Waals surface area contributed by atoms with Gasteiger partial charge in [-0.2, -0.15) is 23.1 Å². The molecular weight excluding hydrogens is 493 g/mol. The number of ether oxygens (including phenoxy) is 3. The van der Waals surface area contributed by atoms with E-state index in [1.807, 2.05) is 13.8 Å². The highest BCUT2D eigenvalue weighted by Gasteiger charge is 2.36. The molecule has 1 fully saturated rings. The number of nitrogens with one attached hydrogen (secondary N) is 3.